The number of benzene rings is 2. The van der Waals surface area contributed by atoms with Crippen molar-refractivity contribution in [2.75, 3.05) is 26.4 Å². The van der Waals surface area contributed by atoms with Crippen LogP contribution < -0.4 is 26.5 Å². The third-order valence-corrected chi connectivity index (χ3v) is 5.32. The van der Waals surface area contributed by atoms with Crippen molar-refractivity contribution in [2.45, 2.75) is 13.2 Å². The highest BCUT2D eigenvalue weighted by molar-refractivity contribution is 6.01. The van der Waals surface area contributed by atoms with Crippen LogP contribution in [-0.4, -0.2) is 40.5 Å². The van der Waals surface area contributed by atoms with Crippen LogP contribution in [0.3, 0.4) is 0 Å². The second-order valence-electron chi connectivity index (χ2n) is 7.82. The number of aromatic nitrogens is 2. The first-order valence-corrected chi connectivity index (χ1v) is 10.3. The Bertz CT molecular complexity index is 1260. The van der Waals surface area contributed by atoms with Crippen LogP contribution in [0.25, 0.3) is 0 Å². The average Bonchev–Trinajstić information content (AvgIpc) is 2.81. The summed E-state index contributed by atoms with van der Waals surface area (Å²) >= 11 is 0. The number of nitrogens with zero attached hydrogens (tertiary/aromatic N) is 3. The van der Waals surface area contributed by atoms with Crippen LogP contribution in [0.1, 0.15) is 21.5 Å². The number of likely N-dealkylation sites (N-methyl/N-ethyl adjacent to an activating group) is 1. The predicted octanol–water partition coefficient (Wildman–Crippen LogP) is 1.57. The Kier molecular flexibility index (Phi) is 7.34. The highest BCUT2D eigenvalue weighted by Crippen LogP contribution is 2.29. The van der Waals surface area contributed by atoms with Gasteiger partial charge in [-0.15, -0.1) is 0 Å². The zero-order valence-electron chi connectivity index (χ0n) is 19.2. The zero-order chi connectivity index (χ0) is 24.1. The Balaban J connectivity index is 1.70. The van der Waals surface area contributed by atoms with Gasteiger partial charge in [-0.1, -0.05) is 36.4 Å². The molecular weight excluding hydrogens is 424 g/mol. The Morgan fingerprint density at radius 1 is 1.00 bits per heavy atom. The fourth-order valence-corrected chi connectivity index (χ4v) is 3.48. The molecule has 0 amide bonds. The number of rotatable bonds is 9. The van der Waals surface area contributed by atoms with Gasteiger partial charge in [0.05, 0.1) is 13.7 Å². The summed E-state index contributed by atoms with van der Waals surface area (Å²) in [5.74, 6) is 0.605. The van der Waals surface area contributed by atoms with Gasteiger partial charge in [0.15, 0.2) is 17.3 Å². The lowest BCUT2D eigenvalue weighted by Gasteiger charge is -2.18. The molecule has 0 aliphatic carbocycles. The summed E-state index contributed by atoms with van der Waals surface area (Å²) in [6.07, 6.45) is 0. The van der Waals surface area contributed by atoms with Crippen LogP contribution in [0, 0.1) is 0 Å². The summed E-state index contributed by atoms with van der Waals surface area (Å²) in [4.78, 5) is 39.0. The molecule has 9 heteroatoms. The lowest BCUT2D eigenvalue weighted by molar-refractivity contribution is 0.0941. The number of anilines is 1. The number of hydrogen-bond acceptors (Lipinski definition) is 7. The van der Waals surface area contributed by atoms with Gasteiger partial charge in [-0.05, 0) is 30.3 Å². The molecule has 0 unspecified atom stereocenters. The lowest BCUT2D eigenvalue weighted by atomic mass is 10.1. The molecule has 9 nitrogen and oxygen atoms in total. The molecule has 2 N–H and O–H groups in total. The predicted molar refractivity (Wildman–Crippen MR) is 126 cm³/mol. The Labute approximate surface area is 191 Å². The maximum atomic E-state index is 12.8. The molecule has 0 atom stereocenters. The molecular formula is C24H28N4O5. The van der Waals surface area contributed by atoms with Crippen molar-refractivity contribution in [3.63, 3.8) is 0 Å². The summed E-state index contributed by atoms with van der Waals surface area (Å²) < 4.78 is 13.3. The summed E-state index contributed by atoms with van der Waals surface area (Å²) in [6.45, 7) is 0.792. The molecule has 3 rings (SSSR count). The van der Waals surface area contributed by atoms with E-state index in [4.69, 9.17) is 15.2 Å². The van der Waals surface area contributed by atoms with E-state index >= 15 is 0 Å². The maximum Gasteiger partial charge on any atom is 0.332 e. The van der Waals surface area contributed by atoms with E-state index in [1.54, 1.807) is 19.1 Å². The average molecular weight is 453 g/mol. The quantitative estimate of drug-likeness (QED) is 0.491. The van der Waals surface area contributed by atoms with Gasteiger partial charge < -0.3 is 15.2 Å². The highest BCUT2D eigenvalue weighted by Gasteiger charge is 2.21. The maximum absolute atomic E-state index is 12.8. The first-order chi connectivity index (χ1) is 15.7. The third kappa shape index (κ3) is 5.32. The molecule has 174 valence electrons. The molecule has 3 aromatic rings. The minimum absolute atomic E-state index is 0.0494. The molecule has 0 aliphatic heterocycles. The summed E-state index contributed by atoms with van der Waals surface area (Å²) in [7, 11) is 6.07. The molecule has 1 aromatic heterocycles. The van der Waals surface area contributed by atoms with E-state index in [1.807, 2.05) is 48.5 Å². The van der Waals surface area contributed by atoms with E-state index in [-0.39, 0.29) is 17.9 Å². The Hall–Kier alpha value is -3.85. The number of carbonyl (C=O) groups is 1. The van der Waals surface area contributed by atoms with E-state index < -0.39 is 17.0 Å². The molecule has 2 aromatic carbocycles. The van der Waals surface area contributed by atoms with E-state index in [0.717, 1.165) is 20.3 Å². The number of methoxy groups -OCH3 is 1. The number of nitrogens with two attached hydrogens (primary N) is 1. The SMILES string of the molecule is COc1cc(CN(C)CC(=O)c2c(N)n(C)c(=O)n(C)c2=O)ccc1OCc1ccccc1. The van der Waals surface area contributed by atoms with Gasteiger partial charge in [-0.3, -0.25) is 23.6 Å². The van der Waals surface area contributed by atoms with Crippen molar-refractivity contribution in [2.24, 2.45) is 14.1 Å². The molecule has 1 heterocycles. The summed E-state index contributed by atoms with van der Waals surface area (Å²) in [5.41, 5.74) is 6.37. The lowest BCUT2D eigenvalue weighted by Crippen LogP contribution is -2.43. The van der Waals surface area contributed by atoms with E-state index in [9.17, 15) is 14.4 Å². The van der Waals surface area contributed by atoms with Crippen molar-refractivity contribution in [1.82, 2.24) is 14.0 Å². The highest BCUT2D eigenvalue weighted by atomic mass is 16.5. The van der Waals surface area contributed by atoms with Gasteiger partial charge in [-0.2, -0.15) is 0 Å². The van der Waals surface area contributed by atoms with Crippen LogP contribution in [-0.2, 0) is 27.2 Å². The molecule has 0 fully saturated rings. The zero-order valence-corrected chi connectivity index (χ0v) is 19.2. The van der Waals surface area contributed by atoms with Gasteiger partial charge in [0.1, 0.15) is 18.0 Å². The number of hydrogen-bond donors (Lipinski definition) is 1. The molecule has 0 saturated heterocycles. The van der Waals surface area contributed by atoms with Crippen LogP contribution in [0.5, 0.6) is 11.5 Å². The molecule has 0 bridgehead atoms. The first-order valence-electron chi connectivity index (χ1n) is 10.3. The van der Waals surface area contributed by atoms with Crippen LogP contribution >= 0.6 is 0 Å². The van der Waals surface area contributed by atoms with Gasteiger partial charge in [-0.25, -0.2) is 4.79 Å². The van der Waals surface area contributed by atoms with E-state index in [0.29, 0.717) is 24.7 Å². The van der Waals surface area contributed by atoms with Crippen LogP contribution in [0.2, 0.25) is 0 Å². The van der Waals surface area contributed by atoms with Crippen molar-refractivity contribution >= 4 is 11.6 Å². The first kappa shape index (κ1) is 23.8. The topological polar surface area (TPSA) is 109 Å². The smallest absolute Gasteiger partial charge is 0.332 e. The number of nitrogen functional groups attached to an aromatic ring is 1. The molecule has 0 spiro atoms. The summed E-state index contributed by atoms with van der Waals surface area (Å²) in [5, 5.41) is 0. The minimum atomic E-state index is -0.699. The van der Waals surface area contributed by atoms with Crippen LogP contribution in [0.4, 0.5) is 5.82 Å². The number of carbonyl (C=O) groups excluding carboxylic acids is 1. The van der Waals surface area contributed by atoms with Crippen molar-refractivity contribution in [3.05, 3.63) is 86.1 Å². The van der Waals surface area contributed by atoms with Crippen molar-refractivity contribution < 1.29 is 14.3 Å². The third-order valence-electron chi connectivity index (χ3n) is 5.32. The van der Waals surface area contributed by atoms with Crippen molar-refractivity contribution in [1.29, 1.82) is 0 Å². The Morgan fingerprint density at radius 2 is 1.70 bits per heavy atom. The number of Topliss-reactive ketones (excluding diaryl/α,β-unsaturated/α-hetero) is 1. The van der Waals surface area contributed by atoms with Gasteiger partial charge in [0.25, 0.3) is 5.56 Å². The molecule has 0 saturated carbocycles. The second kappa shape index (κ2) is 10.2. The van der Waals surface area contributed by atoms with Gasteiger partial charge >= 0.3 is 5.69 Å². The Morgan fingerprint density at radius 3 is 2.36 bits per heavy atom. The molecule has 0 radical (unpaired) electrons. The van der Waals surface area contributed by atoms with Gasteiger partial charge in [0, 0.05) is 20.6 Å². The fraction of sp³-hybridized carbons (Fsp3) is 0.292. The van der Waals surface area contributed by atoms with Crippen molar-refractivity contribution in [3.8, 4) is 11.5 Å². The van der Waals surface area contributed by atoms with Crippen LogP contribution in [0.15, 0.2) is 58.1 Å². The fourth-order valence-electron chi connectivity index (χ4n) is 3.48. The normalized spacial score (nSPS) is 10.9. The van der Waals surface area contributed by atoms with E-state index in [1.165, 1.54) is 14.1 Å². The molecule has 33 heavy (non-hydrogen) atoms. The number of ketones is 1. The minimum Gasteiger partial charge on any atom is -0.493 e. The number of ether oxygens (including phenoxy) is 2. The monoisotopic (exact) mass is 452 g/mol. The van der Waals surface area contributed by atoms with Gasteiger partial charge in [0.2, 0.25) is 0 Å². The second-order valence-corrected chi connectivity index (χ2v) is 7.82. The van der Waals surface area contributed by atoms with E-state index in [2.05, 4.69) is 0 Å². The standard InChI is InChI=1S/C24H28N4O5/c1-26(14-18(29)21-22(25)27(2)24(31)28(3)23(21)30)13-17-10-11-19(20(12-17)32-4)33-15-16-8-6-5-7-9-16/h5-12H,13-15,25H2,1-4H3. The largest absolute Gasteiger partial charge is 0.493 e. The molecule has 0 aliphatic rings. The summed E-state index contributed by atoms with van der Waals surface area (Å²) in [6, 6.07) is 15.4.